The van der Waals surface area contributed by atoms with E-state index >= 15 is 0 Å². The Kier molecular flexibility index (Phi) is 9.60. The first-order chi connectivity index (χ1) is 12.0. The molecule has 26 heavy (non-hydrogen) atoms. The van der Waals surface area contributed by atoms with E-state index in [0.29, 0.717) is 19.0 Å². The van der Waals surface area contributed by atoms with Gasteiger partial charge >= 0.3 is 0 Å². The van der Waals surface area contributed by atoms with Gasteiger partial charge in [0.25, 0.3) is 0 Å². The van der Waals surface area contributed by atoms with Crippen molar-refractivity contribution in [2.45, 2.75) is 11.4 Å². The Hall–Kier alpha value is -1.65. The van der Waals surface area contributed by atoms with Crippen LogP contribution in [0.3, 0.4) is 0 Å². The smallest absolute Gasteiger partial charge is 0.240 e. The van der Waals surface area contributed by atoms with E-state index in [4.69, 9.17) is 0 Å². The highest BCUT2D eigenvalue weighted by Gasteiger charge is 2.12. The summed E-state index contributed by atoms with van der Waals surface area (Å²) in [5, 5.41) is 3.16. The van der Waals surface area contributed by atoms with E-state index in [0.717, 1.165) is 5.56 Å². The van der Waals surface area contributed by atoms with Crippen LogP contribution in [0.1, 0.15) is 5.56 Å². The maximum absolute atomic E-state index is 12.1. The van der Waals surface area contributed by atoms with Gasteiger partial charge in [0.05, 0.1) is 11.4 Å². The molecule has 142 valence electrons. The molecule has 2 aromatic carbocycles. The zero-order valence-electron chi connectivity index (χ0n) is 14.9. The zero-order valence-corrected chi connectivity index (χ0v) is 18.1. The molecule has 0 radical (unpaired) electrons. The molecular weight excluding hydrogens is 463 g/mol. The van der Waals surface area contributed by atoms with Crippen LogP contribution in [0.2, 0.25) is 0 Å². The van der Waals surface area contributed by atoms with Crippen molar-refractivity contribution in [3.05, 3.63) is 66.2 Å². The molecule has 2 N–H and O–H groups in total. The van der Waals surface area contributed by atoms with Gasteiger partial charge in [-0.1, -0.05) is 48.5 Å². The van der Waals surface area contributed by atoms with Gasteiger partial charge in [0.1, 0.15) is 0 Å². The van der Waals surface area contributed by atoms with Crippen LogP contribution in [0.25, 0.3) is 0 Å². The van der Waals surface area contributed by atoms with E-state index in [1.807, 2.05) is 49.3 Å². The van der Waals surface area contributed by atoms with E-state index in [1.165, 1.54) is 0 Å². The van der Waals surface area contributed by atoms with Crippen LogP contribution in [-0.2, 0) is 16.6 Å². The third-order valence-corrected chi connectivity index (χ3v) is 4.91. The average Bonchev–Trinajstić information content (AvgIpc) is 2.62. The quantitative estimate of drug-likeness (QED) is 0.272. The lowest BCUT2D eigenvalue weighted by Gasteiger charge is -2.18. The molecular formula is C18H25IN4O2S. The number of aliphatic imine (C=N–C) groups is 1. The fourth-order valence-corrected chi connectivity index (χ4v) is 3.20. The first-order valence-electron chi connectivity index (χ1n) is 8.03. The summed E-state index contributed by atoms with van der Waals surface area (Å²) in [7, 11) is 0.310. The summed E-state index contributed by atoms with van der Waals surface area (Å²) < 4.78 is 26.9. The minimum absolute atomic E-state index is 0. The molecule has 2 rings (SSSR count). The lowest BCUT2D eigenvalue weighted by Crippen LogP contribution is -2.41. The van der Waals surface area contributed by atoms with Gasteiger partial charge in [-0.25, -0.2) is 18.1 Å². The second-order valence-corrected chi connectivity index (χ2v) is 7.42. The molecule has 0 aliphatic heterocycles. The first kappa shape index (κ1) is 22.4. The van der Waals surface area contributed by atoms with Gasteiger partial charge in [-0.15, -0.1) is 24.0 Å². The minimum atomic E-state index is -3.48. The van der Waals surface area contributed by atoms with Crippen molar-refractivity contribution in [1.29, 1.82) is 0 Å². The molecule has 0 saturated carbocycles. The number of hydrogen-bond donors (Lipinski definition) is 2. The highest BCUT2D eigenvalue weighted by Crippen LogP contribution is 2.06. The normalized spacial score (nSPS) is 11.5. The number of halogens is 1. The second-order valence-electron chi connectivity index (χ2n) is 5.66. The van der Waals surface area contributed by atoms with Crippen LogP contribution in [0.15, 0.2) is 70.6 Å². The number of sulfonamides is 1. The summed E-state index contributed by atoms with van der Waals surface area (Å²) in [6, 6.07) is 18.3. The maximum Gasteiger partial charge on any atom is 0.240 e. The van der Waals surface area contributed by atoms with Gasteiger partial charge in [0.2, 0.25) is 10.0 Å². The molecule has 0 bridgehead atoms. The van der Waals surface area contributed by atoms with E-state index in [-0.39, 0.29) is 35.4 Å². The van der Waals surface area contributed by atoms with E-state index in [2.05, 4.69) is 15.0 Å². The molecule has 0 aliphatic carbocycles. The maximum atomic E-state index is 12.1. The van der Waals surface area contributed by atoms with E-state index in [1.54, 1.807) is 30.3 Å². The van der Waals surface area contributed by atoms with Gasteiger partial charge in [-0.05, 0) is 17.7 Å². The largest absolute Gasteiger partial charge is 0.355 e. The van der Waals surface area contributed by atoms with Crippen molar-refractivity contribution >= 4 is 40.0 Å². The molecule has 0 saturated heterocycles. The Morgan fingerprint density at radius 2 is 1.54 bits per heavy atom. The number of rotatable bonds is 7. The van der Waals surface area contributed by atoms with Crippen LogP contribution < -0.4 is 10.0 Å². The predicted octanol–water partition coefficient (Wildman–Crippen LogP) is 2.29. The molecule has 0 unspecified atom stereocenters. The molecule has 0 spiro atoms. The van der Waals surface area contributed by atoms with Gasteiger partial charge in [0, 0.05) is 27.2 Å². The lowest BCUT2D eigenvalue weighted by molar-refractivity contribution is 0.567. The number of benzene rings is 2. The van der Waals surface area contributed by atoms with Crippen molar-refractivity contribution in [2.75, 3.05) is 27.2 Å². The zero-order chi connectivity index (χ0) is 18.1. The Balaban J connectivity index is 0.00000338. The third-order valence-electron chi connectivity index (χ3n) is 3.43. The average molecular weight is 488 g/mol. The number of hydrogen-bond acceptors (Lipinski definition) is 3. The molecule has 0 heterocycles. The fraction of sp³-hybridized carbons (Fsp3) is 0.278. The Labute approximate surface area is 172 Å². The topological polar surface area (TPSA) is 73.8 Å². The minimum Gasteiger partial charge on any atom is -0.355 e. The van der Waals surface area contributed by atoms with E-state index in [9.17, 15) is 8.42 Å². The van der Waals surface area contributed by atoms with Crippen molar-refractivity contribution < 1.29 is 8.42 Å². The molecule has 0 atom stereocenters. The van der Waals surface area contributed by atoms with Crippen LogP contribution in [0.5, 0.6) is 0 Å². The lowest BCUT2D eigenvalue weighted by atomic mass is 10.2. The molecule has 2 aromatic rings. The van der Waals surface area contributed by atoms with Crippen molar-refractivity contribution in [2.24, 2.45) is 4.99 Å². The summed E-state index contributed by atoms with van der Waals surface area (Å²) in [6.45, 7) is 1.28. The fourth-order valence-electron chi connectivity index (χ4n) is 2.15. The predicted molar refractivity (Wildman–Crippen MR) is 116 cm³/mol. The van der Waals surface area contributed by atoms with Crippen LogP contribution in [0, 0.1) is 0 Å². The second kappa shape index (κ2) is 11.1. The van der Waals surface area contributed by atoms with Gasteiger partial charge in [-0.3, -0.25) is 0 Å². The summed E-state index contributed by atoms with van der Waals surface area (Å²) in [5.41, 5.74) is 1.12. The van der Waals surface area contributed by atoms with Crippen LogP contribution in [0.4, 0.5) is 0 Å². The molecule has 0 fully saturated rings. The SMILES string of the molecule is CN(C)C(=NCc1ccccc1)NCCNS(=O)(=O)c1ccccc1.I. The molecule has 6 nitrogen and oxygen atoms in total. The summed E-state index contributed by atoms with van der Waals surface area (Å²) in [5.74, 6) is 0.711. The standard InChI is InChI=1S/C18H24N4O2S.HI/c1-22(2)18(20-15-16-9-5-3-6-10-16)19-13-14-21-25(23,24)17-11-7-4-8-12-17;/h3-12,21H,13-15H2,1-2H3,(H,19,20);1H. The molecule has 0 aromatic heterocycles. The highest BCUT2D eigenvalue weighted by atomic mass is 127. The highest BCUT2D eigenvalue weighted by molar-refractivity contribution is 14.0. The molecule has 0 amide bonds. The first-order valence-corrected chi connectivity index (χ1v) is 9.51. The third kappa shape index (κ3) is 7.30. The Morgan fingerprint density at radius 1 is 0.962 bits per heavy atom. The number of nitrogens with zero attached hydrogens (tertiary/aromatic N) is 2. The van der Waals surface area contributed by atoms with Gasteiger partial charge in [0.15, 0.2) is 5.96 Å². The van der Waals surface area contributed by atoms with Crippen molar-refractivity contribution in [3.63, 3.8) is 0 Å². The van der Waals surface area contributed by atoms with Gasteiger partial charge < -0.3 is 10.2 Å². The number of nitrogens with one attached hydrogen (secondary N) is 2. The van der Waals surface area contributed by atoms with Crippen molar-refractivity contribution in [3.8, 4) is 0 Å². The summed E-state index contributed by atoms with van der Waals surface area (Å²) in [4.78, 5) is 6.67. The monoisotopic (exact) mass is 488 g/mol. The van der Waals surface area contributed by atoms with Crippen molar-refractivity contribution in [1.82, 2.24) is 14.9 Å². The summed E-state index contributed by atoms with van der Waals surface area (Å²) in [6.07, 6.45) is 0. The Bertz CT molecular complexity index is 781. The molecule has 0 aliphatic rings. The van der Waals surface area contributed by atoms with Crippen LogP contribution >= 0.6 is 24.0 Å². The molecule has 8 heteroatoms. The number of guanidine groups is 1. The van der Waals surface area contributed by atoms with Crippen LogP contribution in [-0.4, -0.2) is 46.5 Å². The van der Waals surface area contributed by atoms with E-state index < -0.39 is 10.0 Å². The van der Waals surface area contributed by atoms with Gasteiger partial charge in [-0.2, -0.15) is 0 Å². The summed E-state index contributed by atoms with van der Waals surface area (Å²) >= 11 is 0. The Morgan fingerprint density at radius 3 is 2.12 bits per heavy atom.